The van der Waals surface area contributed by atoms with E-state index in [4.69, 9.17) is 0 Å². The largest absolute Gasteiger partial charge is 0.395 e. The number of hydrogen-bond acceptors (Lipinski definition) is 3. The fourth-order valence-electron chi connectivity index (χ4n) is 1.42. The van der Waals surface area contributed by atoms with Crippen LogP contribution in [0.5, 0.6) is 0 Å². The zero-order chi connectivity index (χ0) is 11.8. The predicted octanol–water partition coefficient (Wildman–Crippen LogP) is 2.81. The lowest BCUT2D eigenvalue weighted by Crippen LogP contribution is -2.14. The van der Waals surface area contributed by atoms with Crippen LogP contribution in [0.25, 0.3) is 0 Å². The Morgan fingerprint density at radius 2 is 2.12 bits per heavy atom. The number of hydrogen-bond donors (Lipinski definition) is 1. The molecule has 0 radical (unpaired) electrons. The van der Waals surface area contributed by atoms with Gasteiger partial charge in [0.05, 0.1) is 12.1 Å². The Morgan fingerprint density at radius 3 is 2.69 bits per heavy atom. The molecule has 0 unspecified atom stereocenters. The fraction of sp³-hybridized carbons (Fsp3) is 0.700. The number of aromatic nitrogens is 1. The number of nitrogens with one attached hydrogen (secondary N) is 1. The average molecular weight is 250 g/mol. The van der Waals surface area contributed by atoms with E-state index < -0.39 is 12.6 Å². The first kappa shape index (κ1) is 11.9. The summed E-state index contributed by atoms with van der Waals surface area (Å²) in [6.07, 6.45) is -2.73. The third-order valence-corrected chi connectivity index (χ3v) is 3.57. The summed E-state index contributed by atoms with van der Waals surface area (Å²) >= 11 is 1.16. The lowest BCUT2D eigenvalue weighted by molar-refractivity contribution is -0.127. The predicted molar refractivity (Wildman–Crippen MR) is 56.5 cm³/mol. The van der Waals surface area contributed by atoms with Crippen molar-refractivity contribution >= 4 is 11.3 Å². The zero-order valence-corrected chi connectivity index (χ0v) is 9.71. The summed E-state index contributed by atoms with van der Waals surface area (Å²) in [4.78, 5) is 4.88. The molecule has 1 saturated carbocycles. The maximum Gasteiger partial charge on any atom is 0.395 e. The second-order valence-corrected chi connectivity index (χ2v) is 5.23. The highest BCUT2D eigenvalue weighted by molar-refractivity contribution is 7.11. The van der Waals surface area contributed by atoms with E-state index in [1.807, 2.05) is 0 Å². The van der Waals surface area contributed by atoms with Crippen LogP contribution in [0.1, 0.15) is 28.4 Å². The maximum atomic E-state index is 12.2. The normalized spacial score (nSPS) is 16.8. The first-order valence-corrected chi connectivity index (χ1v) is 6.01. The Hall–Kier alpha value is -0.620. The third-order valence-electron chi connectivity index (χ3n) is 2.42. The van der Waals surface area contributed by atoms with Crippen LogP contribution in [0.15, 0.2) is 0 Å². The molecule has 0 aliphatic heterocycles. The van der Waals surface area contributed by atoms with Crippen LogP contribution in [-0.4, -0.2) is 17.2 Å². The van der Waals surface area contributed by atoms with Gasteiger partial charge in [0.1, 0.15) is 5.01 Å². The van der Waals surface area contributed by atoms with E-state index in [-0.39, 0.29) is 5.01 Å². The van der Waals surface area contributed by atoms with Crippen LogP contribution in [0.4, 0.5) is 13.2 Å². The summed E-state index contributed by atoms with van der Waals surface area (Å²) < 4.78 is 36.5. The van der Waals surface area contributed by atoms with E-state index in [0.29, 0.717) is 12.6 Å². The van der Waals surface area contributed by atoms with Gasteiger partial charge in [-0.25, -0.2) is 4.98 Å². The molecular weight excluding hydrogens is 237 g/mol. The van der Waals surface area contributed by atoms with E-state index in [0.717, 1.165) is 21.9 Å². The standard InChI is InChI=1S/C10H13F3N2S/c1-6-8(5-14-7-2-3-7)16-9(15-6)4-10(11,12)13/h7,14H,2-5H2,1H3. The Kier molecular flexibility index (Phi) is 3.21. The van der Waals surface area contributed by atoms with Crippen LogP contribution in [0.3, 0.4) is 0 Å². The number of rotatable bonds is 4. The monoisotopic (exact) mass is 250 g/mol. The van der Waals surface area contributed by atoms with Gasteiger partial charge in [-0.05, 0) is 19.8 Å². The molecule has 0 amide bonds. The molecule has 2 rings (SSSR count). The molecule has 1 N–H and O–H groups in total. The van der Waals surface area contributed by atoms with E-state index in [1.54, 1.807) is 6.92 Å². The number of nitrogens with zero attached hydrogens (tertiary/aromatic N) is 1. The second-order valence-electron chi connectivity index (χ2n) is 4.06. The molecule has 0 atom stereocenters. The summed E-state index contributed by atoms with van der Waals surface area (Å²) in [5.74, 6) is 0. The van der Waals surface area contributed by atoms with Crippen molar-refractivity contribution in [3.63, 3.8) is 0 Å². The molecule has 1 aromatic heterocycles. The smallest absolute Gasteiger partial charge is 0.309 e. The van der Waals surface area contributed by atoms with Gasteiger partial charge in [0, 0.05) is 17.5 Å². The number of aryl methyl sites for hydroxylation is 1. The Labute approximate surface area is 95.9 Å². The van der Waals surface area contributed by atoms with Gasteiger partial charge < -0.3 is 5.32 Å². The lowest BCUT2D eigenvalue weighted by Gasteiger charge is -2.01. The maximum absolute atomic E-state index is 12.2. The average Bonchev–Trinajstić information content (AvgIpc) is 2.87. The van der Waals surface area contributed by atoms with Crippen molar-refractivity contribution in [3.05, 3.63) is 15.6 Å². The van der Waals surface area contributed by atoms with Crippen molar-refractivity contribution < 1.29 is 13.2 Å². The first-order chi connectivity index (χ1) is 7.44. The van der Waals surface area contributed by atoms with Crippen LogP contribution in [0, 0.1) is 6.92 Å². The highest BCUT2D eigenvalue weighted by Gasteiger charge is 2.30. The summed E-state index contributed by atoms with van der Waals surface area (Å²) in [7, 11) is 0. The zero-order valence-electron chi connectivity index (χ0n) is 8.90. The van der Waals surface area contributed by atoms with Crippen molar-refractivity contribution in [2.24, 2.45) is 0 Å². The number of alkyl halides is 3. The van der Waals surface area contributed by atoms with Crippen LogP contribution in [-0.2, 0) is 13.0 Å². The molecular formula is C10H13F3N2S. The molecule has 2 nitrogen and oxygen atoms in total. The molecule has 0 aromatic carbocycles. The molecule has 1 heterocycles. The molecule has 1 aromatic rings. The molecule has 1 aliphatic rings. The quantitative estimate of drug-likeness (QED) is 0.888. The van der Waals surface area contributed by atoms with Crippen molar-refractivity contribution in [3.8, 4) is 0 Å². The molecule has 1 fully saturated rings. The summed E-state index contributed by atoms with van der Waals surface area (Å²) in [5, 5.41) is 3.44. The van der Waals surface area contributed by atoms with Crippen molar-refractivity contribution in [1.82, 2.24) is 10.3 Å². The SMILES string of the molecule is Cc1nc(CC(F)(F)F)sc1CNC1CC1. The van der Waals surface area contributed by atoms with Crippen LogP contribution in [0.2, 0.25) is 0 Å². The van der Waals surface area contributed by atoms with Crippen LogP contribution < -0.4 is 5.32 Å². The van der Waals surface area contributed by atoms with Gasteiger partial charge >= 0.3 is 6.18 Å². The van der Waals surface area contributed by atoms with Gasteiger partial charge in [-0.2, -0.15) is 13.2 Å². The van der Waals surface area contributed by atoms with Crippen molar-refractivity contribution in [2.75, 3.05) is 0 Å². The van der Waals surface area contributed by atoms with Gasteiger partial charge in [0.15, 0.2) is 0 Å². The lowest BCUT2D eigenvalue weighted by atomic mass is 10.4. The highest BCUT2D eigenvalue weighted by Crippen LogP contribution is 2.27. The van der Waals surface area contributed by atoms with Gasteiger partial charge in [0.2, 0.25) is 0 Å². The molecule has 6 heteroatoms. The fourth-order valence-corrected chi connectivity index (χ4v) is 2.48. The Bertz CT molecular complexity index is 369. The third kappa shape index (κ3) is 3.45. The molecule has 0 spiro atoms. The topological polar surface area (TPSA) is 24.9 Å². The second kappa shape index (κ2) is 4.33. The molecule has 0 bridgehead atoms. The summed E-state index contributed by atoms with van der Waals surface area (Å²) in [6, 6.07) is 0.563. The summed E-state index contributed by atoms with van der Waals surface area (Å²) in [5.41, 5.74) is 0.720. The minimum Gasteiger partial charge on any atom is -0.309 e. The van der Waals surface area contributed by atoms with E-state index >= 15 is 0 Å². The van der Waals surface area contributed by atoms with E-state index in [1.165, 1.54) is 12.8 Å². The summed E-state index contributed by atoms with van der Waals surface area (Å²) in [6.45, 7) is 2.41. The number of thiazole rings is 1. The molecule has 0 saturated heterocycles. The van der Waals surface area contributed by atoms with Crippen molar-refractivity contribution in [1.29, 1.82) is 0 Å². The first-order valence-electron chi connectivity index (χ1n) is 5.19. The highest BCUT2D eigenvalue weighted by atomic mass is 32.1. The molecule has 1 aliphatic carbocycles. The molecule has 16 heavy (non-hydrogen) atoms. The Balaban J connectivity index is 1.96. The minimum absolute atomic E-state index is 0.164. The van der Waals surface area contributed by atoms with Crippen LogP contribution >= 0.6 is 11.3 Å². The number of halogens is 3. The van der Waals surface area contributed by atoms with Gasteiger partial charge in [-0.15, -0.1) is 11.3 Å². The van der Waals surface area contributed by atoms with Gasteiger partial charge in [-0.1, -0.05) is 0 Å². The minimum atomic E-state index is -4.16. The van der Waals surface area contributed by atoms with E-state index in [2.05, 4.69) is 10.3 Å². The van der Waals surface area contributed by atoms with E-state index in [9.17, 15) is 13.2 Å². The Morgan fingerprint density at radius 1 is 1.44 bits per heavy atom. The van der Waals surface area contributed by atoms with Crippen molar-refractivity contribution in [2.45, 2.75) is 44.9 Å². The van der Waals surface area contributed by atoms with Gasteiger partial charge in [-0.3, -0.25) is 0 Å². The molecule has 90 valence electrons. The van der Waals surface area contributed by atoms with Gasteiger partial charge in [0.25, 0.3) is 0 Å².